The standard InChI is InChI=1S/C14H15N3O4/c1-14(2)10-11(14)13(19)16(12(10)18)6-7-3-4-9(17(20)21)8(15)5-7/h3-5,10-11H,6,15H2,1-2H3. The van der Waals surface area contributed by atoms with Crippen molar-refractivity contribution in [3.63, 3.8) is 0 Å². The van der Waals surface area contributed by atoms with Crippen molar-refractivity contribution in [1.29, 1.82) is 0 Å². The molecule has 1 heterocycles. The van der Waals surface area contributed by atoms with Crippen LogP contribution >= 0.6 is 0 Å². The highest BCUT2D eigenvalue weighted by atomic mass is 16.6. The number of piperidine rings is 1. The van der Waals surface area contributed by atoms with Gasteiger partial charge in [-0.1, -0.05) is 19.9 Å². The minimum absolute atomic E-state index is 0.0297. The largest absolute Gasteiger partial charge is 0.393 e. The third kappa shape index (κ3) is 1.80. The van der Waals surface area contributed by atoms with Gasteiger partial charge in [0.1, 0.15) is 5.69 Å². The lowest BCUT2D eigenvalue weighted by atomic mass is 10.0. The van der Waals surface area contributed by atoms with Crippen LogP contribution in [0.2, 0.25) is 0 Å². The number of nitrogens with two attached hydrogens (primary N) is 1. The second kappa shape index (κ2) is 4.03. The van der Waals surface area contributed by atoms with Crippen LogP contribution in [0.15, 0.2) is 18.2 Å². The number of nitrogen functional groups attached to an aromatic ring is 1. The first-order valence-electron chi connectivity index (χ1n) is 6.63. The summed E-state index contributed by atoms with van der Waals surface area (Å²) in [5, 5.41) is 10.7. The molecule has 2 aliphatic rings. The molecular weight excluding hydrogens is 274 g/mol. The van der Waals surface area contributed by atoms with E-state index in [-0.39, 0.29) is 47.0 Å². The van der Waals surface area contributed by atoms with Gasteiger partial charge in [-0.15, -0.1) is 0 Å². The van der Waals surface area contributed by atoms with E-state index in [4.69, 9.17) is 5.73 Å². The third-order valence-electron chi connectivity index (χ3n) is 4.52. The van der Waals surface area contributed by atoms with E-state index >= 15 is 0 Å². The number of likely N-dealkylation sites (tertiary alicyclic amines) is 1. The summed E-state index contributed by atoms with van der Waals surface area (Å²) in [4.78, 5) is 35.8. The number of fused-ring (bicyclic) bond motifs is 1. The van der Waals surface area contributed by atoms with E-state index in [1.54, 1.807) is 0 Å². The number of amides is 2. The summed E-state index contributed by atoms with van der Waals surface area (Å²) in [7, 11) is 0. The molecule has 1 saturated carbocycles. The molecule has 0 bridgehead atoms. The molecule has 2 unspecified atom stereocenters. The van der Waals surface area contributed by atoms with Crippen LogP contribution in [0.4, 0.5) is 11.4 Å². The minimum atomic E-state index is -0.566. The molecule has 1 aliphatic heterocycles. The highest BCUT2D eigenvalue weighted by Crippen LogP contribution is 2.63. The SMILES string of the molecule is CC1(C)C2C(=O)N(Cc3ccc([N+](=O)[O-])c(N)c3)C(=O)C21. The van der Waals surface area contributed by atoms with Gasteiger partial charge in [0.25, 0.3) is 5.69 Å². The zero-order chi connectivity index (χ0) is 15.5. The Balaban J connectivity index is 1.80. The highest BCUT2D eigenvalue weighted by Gasteiger charge is 2.72. The Morgan fingerprint density at radius 3 is 2.33 bits per heavy atom. The summed E-state index contributed by atoms with van der Waals surface area (Å²) in [5.41, 5.74) is 5.84. The Hall–Kier alpha value is -2.44. The number of carbonyl (C=O) groups is 2. The fourth-order valence-electron chi connectivity index (χ4n) is 3.21. The van der Waals surface area contributed by atoms with Crippen molar-refractivity contribution in [3.05, 3.63) is 33.9 Å². The predicted molar refractivity (Wildman–Crippen MR) is 73.8 cm³/mol. The predicted octanol–water partition coefficient (Wildman–Crippen LogP) is 1.32. The second-order valence-electron chi connectivity index (χ2n) is 6.19. The molecule has 3 rings (SSSR count). The van der Waals surface area contributed by atoms with Crippen molar-refractivity contribution in [2.75, 3.05) is 5.73 Å². The van der Waals surface area contributed by atoms with Gasteiger partial charge in [-0.2, -0.15) is 0 Å². The molecule has 1 aromatic carbocycles. The molecule has 0 aromatic heterocycles. The first kappa shape index (κ1) is 13.5. The summed E-state index contributed by atoms with van der Waals surface area (Å²) in [6.07, 6.45) is 0. The van der Waals surface area contributed by atoms with Crippen molar-refractivity contribution >= 4 is 23.2 Å². The number of rotatable bonds is 3. The van der Waals surface area contributed by atoms with Gasteiger partial charge in [-0.3, -0.25) is 24.6 Å². The second-order valence-corrected chi connectivity index (χ2v) is 6.19. The van der Waals surface area contributed by atoms with Gasteiger partial charge in [0.15, 0.2) is 0 Å². The number of nitrogens with zero attached hydrogens (tertiary/aromatic N) is 2. The molecule has 0 radical (unpaired) electrons. The molecule has 1 aliphatic carbocycles. The highest BCUT2D eigenvalue weighted by molar-refractivity contribution is 6.10. The number of nitro benzene ring substituents is 1. The Kier molecular flexibility index (Phi) is 2.60. The number of anilines is 1. The smallest absolute Gasteiger partial charge is 0.292 e. The molecule has 2 N–H and O–H groups in total. The van der Waals surface area contributed by atoms with E-state index in [9.17, 15) is 19.7 Å². The van der Waals surface area contributed by atoms with Gasteiger partial charge in [0.05, 0.1) is 23.3 Å². The van der Waals surface area contributed by atoms with Crippen LogP contribution in [0.5, 0.6) is 0 Å². The topological polar surface area (TPSA) is 107 Å². The number of hydrogen-bond donors (Lipinski definition) is 1. The number of carbonyl (C=O) groups excluding carboxylic acids is 2. The van der Waals surface area contributed by atoms with E-state index in [0.29, 0.717) is 5.56 Å². The molecule has 21 heavy (non-hydrogen) atoms. The molecule has 110 valence electrons. The molecule has 7 heteroatoms. The molecule has 1 aromatic rings. The fraction of sp³-hybridized carbons (Fsp3) is 0.429. The van der Waals surface area contributed by atoms with Gasteiger partial charge >= 0.3 is 0 Å². The first-order valence-corrected chi connectivity index (χ1v) is 6.63. The van der Waals surface area contributed by atoms with E-state index in [2.05, 4.69) is 0 Å². The maximum atomic E-state index is 12.2. The van der Waals surface area contributed by atoms with Crippen molar-refractivity contribution in [2.24, 2.45) is 17.3 Å². The molecule has 2 fully saturated rings. The molecular formula is C14H15N3O4. The summed E-state index contributed by atoms with van der Waals surface area (Å²) in [6, 6.07) is 4.25. The molecule has 2 atom stereocenters. The van der Waals surface area contributed by atoms with Crippen LogP contribution in [-0.2, 0) is 16.1 Å². The van der Waals surface area contributed by atoms with E-state index in [1.165, 1.54) is 23.1 Å². The summed E-state index contributed by atoms with van der Waals surface area (Å²) in [6.45, 7) is 3.95. The van der Waals surface area contributed by atoms with Gasteiger partial charge in [-0.25, -0.2) is 0 Å². The van der Waals surface area contributed by atoms with Crippen molar-refractivity contribution in [1.82, 2.24) is 4.90 Å². The van der Waals surface area contributed by atoms with Crippen molar-refractivity contribution in [2.45, 2.75) is 20.4 Å². The Labute approximate surface area is 120 Å². The fourth-order valence-corrected chi connectivity index (χ4v) is 3.21. The van der Waals surface area contributed by atoms with Crippen LogP contribution in [0.3, 0.4) is 0 Å². The summed E-state index contributed by atoms with van der Waals surface area (Å²) >= 11 is 0. The number of imide groups is 1. The van der Waals surface area contributed by atoms with E-state index in [0.717, 1.165) is 0 Å². The third-order valence-corrected chi connectivity index (χ3v) is 4.52. The van der Waals surface area contributed by atoms with Gasteiger partial charge in [-0.05, 0) is 17.0 Å². The van der Waals surface area contributed by atoms with E-state index in [1.807, 2.05) is 13.8 Å². The number of nitro groups is 1. The van der Waals surface area contributed by atoms with Crippen LogP contribution < -0.4 is 5.73 Å². The maximum absolute atomic E-state index is 12.2. The average molecular weight is 289 g/mol. The lowest BCUT2D eigenvalue weighted by Crippen LogP contribution is -2.35. The first-order chi connectivity index (χ1) is 9.75. The monoisotopic (exact) mass is 289 g/mol. The van der Waals surface area contributed by atoms with Crippen LogP contribution in [0.25, 0.3) is 0 Å². The maximum Gasteiger partial charge on any atom is 0.292 e. The number of benzene rings is 1. The molecule has 7 nitrogen and oxygen atoms in total. The number of hydrogen-bond acceptors (Lipinski definition) is 5. The normalized spacial score (nSPS) is 25.9. The Bertz CT molecular complexity index is 659. The molecule has 0 spiro atoms. The Morgan fingerprint density at radius 1 is 1.29 bits per heavy atom. The van der Waals surface area contributed by atoms with E-state index < -0.39 is 4.92 Å². The zero-order valence-electron chi connectivity index (χ0n) is 11.7. The summed E-state index contributed by atoms with van der Waals surface area (Å²) in [5.74, 6) is -0.764. The quantitative estimate of drug-likeness (QED) is 0.391. The van der Waals surface area contributed by atoms with Gasteiger partial charge < -0.3 is 5.73 Å². The average Bonchev–Trinajstić information content (AvgIpc) is 2.86. The van der Waals surface area contributed by atoms with Crippen molar-refractivity contribution < 1.29 is 14.5 Å². The van der Waals surface area contributed by atoms with Gasteiger partial charge in [0.2, 0.25) is 11.8 Å². The Morgan fingerprint density at radius 2 is 1.86 bits per heavy atom. The lowest BCUT2D eigenvalue weighted by Gasteiger charge is -2.20. The van der Waals surface area contributed by atoms with Crippen molar-refractivity contribution in [3.8, 4) is 0 Å². The van der Waals surface area contributed by atoms with Crippen LogP contribution in [-0.4, -0.2) is 21.6 Å². The summed E-state index contributed by atoms with van der Waals surface area (Å²) < 4.78 is 0. The molecule has 1 saturated heterocycles. The zero-order valence-corrected chi connectivity index (χ0v) is 11.7. The lowest BCUT2D eigenvalue weighted by molar-refractivity contribution is -0.383. The van der Waals surface area contributed by atoms with Crippen LogP contribution in [0.1, 0.15) is 19.4 Å². The van der Waals surface area contributed by atoms with Crippen LogP contribution in [0, 0.1) is 27.4 Å². The van der Waals surface area contributed by atoms with Gasteiger partial charge in [0, 0.05) is 6.07 Å². The minimum Gasteiger partial charge on any atom is -0.393 e. The molecule has 2 amide bonds.